The van der Waals surface area contributed by atoms with Gasteiger partial charge < -0.3 is 20.7 Å². The molecule has 1 fully saturated rings. The van der Waals surface area contributed by atoms with E-state index in [-0.39, 0.29) is 17.8 Å². The standard InChI is InChI=1S/C15H22N4O2/c1-18-8-4-7-13(10-18)19(2)15(20)12-6-3-5-11(9-12)14(16)17-21/h3,5-6,9,13,21H,4,7-8,10H2,1-2H3,(H2,16,17). The number of rotatable bonds is 3. The number of nitrogens with two attached hydrogens (primary N) is 1. The van der Waals surface area contributed by atoms with Gasteiger partial charge in [-0.05, 0) is 38.6 Å². The van der Waals surface area contributed by atoms with Gasteiger partial charge in [-0.15, -0.1) is 0 Å². The summed E-state index contributed by atoms with van der Waals surface area (Å²) in [4.78, 5) is 16.6. The molecule has 114 valence electrons. The predicted molar refractivity (Wildman–Crippen MR) is 81.6 cm³/mol. The minimum atomic E-state index is -0.0390. The van der Waals surface area contributed by atoms with Crippen LogP contribution in [0.4, 0.5) is 0 Å². The summed E-state index contributed by atoms with van der Waals surface area (Å²) in [5.74, 6) is -0.0346. The second kappa shape index (κ2) is 6.58. The number of amides is 1. The van der Waals surface area contributed by atoms with Crippen molar-refractivity contribution in [1.29, 1.82) is 0 Å². The number of amidine groups is 1. The maximum Gasteiger partial charge on any atom is 0.253 e. The van der Waals surface area contributed by atoms with Crippen LogP contribution < -0.4 is 5.73 Å². The van der Waals surface area contributed by atoms with E-state index in [0.29, 0.717) is 11.1 Å². The molecule has 0 spiro atoms. The Labute approximate surface area is 124 Å². The summed E-state index contributed by atoms with van der Waals surface area (Å²) < 4.78 is 0. The van der Waals surface area contributed by atoms with E-state index < -0.39 is 0 Å². The zero-order valence-electron chi connectivity index (χ0n) is 12.5. The lowest BCUT2D eigenvalue weighted by Crippen LogP contribution is -2.47. The van der Waals surface area contributed by atoms with E-state index in [1.165, 1.54) is 0 Å². The molecule has 1 atom stereocenters. The predicted octanol–water partition coefficient (Wildman–Crippen LogP) is 0.947. The largest absolute Gasteiger partial charge is 0.409 e. The topological polar surface area (TPSA) is 82.2 Å². The molecule has 1 aliphatic heterocycles. The van der Waals surface area contributed by atoms with E-state index in [0.717, 1.165) is 25.9 Å². The van der Waals surface area contributed by atoms with Crippen molar-refractivity contribution in [3.05, 3.63) is 35.4 Å². The summed E-state index contributed by atoms with van der Waals surface area (Å²) >= 11 is 0. The molecule has 0 saturated carbocycles. The molecular formula is C15H22N4O2. The lowest BCUT2D eigenvalue weighted by Gasteiger charge is -2.35. The molecule has 1 unspecified atom stereocenters. The average molecular weight is 290 g/mol. The summed E-state index contributed by atoms with van der Waals surface area (Å²) in [7, 11) is 3.91. The van der Waals surface area contributed by atoms with Gasteiger partial charge in [-0.25, -0.2) is 0 Å². The number of hydrogen-bond donors (Lipinski definition) is 2. The van der Waals surface area contributed by atoms with Crippen LogP contribution in [0.25, 0.3) is 0 Å². The van der Waals surface area contributed by atoms with Crippen LogP contribution in [0, 0.1) is 0 Å². The Kier molecular flexibility index (Phi) is 4.80. The minimum absolute atomic E-state index is 0.00435. The van der Waals surface area contributed by atoms with Gasteiger partial charge in [0.15, 0.2) is 5.84 Å². The fraction of sp³-hybridized carbons (Fsp3) is 0.467. The minimum Gasteiger partial charge on any atom is -0.409 e. The van der Waals surface area contributed by atoms with Crippen LogP contribution in [0.3, 0.4) is 0 Å². The first kappa shape index (κ1) is 15.3. The number of likely N-dealkylation sites (N-methyl/N-ethyl adjacent to an activating group) is 2. The molecular weight excluding hydrogens is 268 g/mol. The SMILES string of the molecule is CN1CCCC(N(C)C(=O)c2cccc(C(N)=NO)c2)C1. The van der Waals surface area contributed by atoms with Crippen LogP contribution in [0.2, 0.25) is 0 Å². The summed E-state index contributed by atoms with van der Waals surface area (Å²) in [6.45, 7) is 1.97. The first-order chi connectivity index (χ1) is 10.0. The van der Waals surface area contributed by atoms with Crippen LogP contribution in [0.15, 0.2) is 29.4 Å². The highest BCUT2D eigenvalue weighted by Crippen LogP contribution is 2.16. The Morgan fingerprint density at radius 3 is 2.86 bits per heavy atom. The number of carbonyl (C=O) groups excluding carboxylic acids is 1. The number of likely N-dealkylation sites (tertiary alicyclic amines) is 1. The number of benzene rings is 1. The molecule has 6 nitrogen and oxygen atoms in total. The van der Waals surface area contributed by atoms with E-state index in [1.807, 2.05) is 7.05 Å². The zero-order chi connectivity index (χ0) is 15.4. The van der Waals surface area contributed by atoms with Crippen LogP contribution in [0.5, 0.6) is 0 Å². The second-order valence-electron chi connectivity index (χ2n) is 5.54. The highest BCUT2D eigenvalue weighted by Gasteiger charge is 2.25. The van der Waals surface area contributed by atoms with Crippen molar-refractivity contribution in [2.75, 3.05) is 27.2 Å². The highest BCUT2D eigenvalue weighted by atomic mass is 16.4. The Morgan fingerprint density at radius 2 is 2.19 bits per heavy atom. The molecule has 21 heavy (non-hydrogen) atoms. The Balaban J connectivity index is 2.15. The molecule has 2 rings (SSSR count). The third-order valence-corrected chi connectivity index (χ3v) is 3.98. The molecule has 1 heterocycles. The smallest absolute Gasteiger partial charge is 0.253 e. The quantitative estimate of drug-likeness (QED) is 0.376. The summed E-state index contributed by atoms with van der Waals surface area (Å²) in [6, 6.07) is 7.07. The van der Waals surface area contributed by atoms with Gasteiger partial charge in [0.1, 0.15) is 0 Å². The Morgan fingerprint density at radius 1 is 1.48 bits per heavy atom. The first-order valence-electron chi connectivity index (χ1n) is 7.06. The van der Waals surface area contributed by atoms with Crippen LogP contribution >= 0.6 is 0 Å². The zero-order valence-corrected chi connectivity index (χ0v) is 12.5. The molecule has 0 radical (unpaired) electrons. The van der Waals surface area contributed by atoms with Gasteiger partial charge in [-0.1, -0.05) is 17.3 Å². The molecule has 1 aliphatic rings. The van der Waals surface area contributed by atoms with Gasteiger partial charge >= 0.3 is 0 Å². The normalized spacial score (nSPS) is 20.3. The Hall–Kier alpha value is -2.08. The molecule has 0 aliphatic carbocycles. The fourth-order valence-corrected chi connectivity index (χ4v) is 2.69. The molecule has 0 bridgehead atoms. The number of hydrogen-bond acceptors (Lipinski definition) is 4. The van der Waals surface area contributed by atoms with Gasteiger partial charge in [0.25, 0.3) is 5.91 Å². The van der Waals surface area contributed by atoms with E-state index >= 15 is 0 Å². The van der Waals surface area contributed by atoms with Crippen molar-refractivity contribution in [2.24, 2.45) is 10.9 Å². The second-order valence-corrected chi connectivity index (χ2v) is 5.54. The first-order valence-corrected chi connectivity index (χ1v) is 7.06. The van der Waals surface area contributed by atoms with Gasteiger partial charge in [0.05, 0.1) is 0 Å². The van der Waals surface area contributed by atoms with E-state index in [9.17, 15) is 4.79 Å². The molecule has 0 aromatic heterocycles. The summed E-state index contributed by atoms with van der Waals surface area (Å²) in [5.41, 5.74) is 6.66. The molecule has 3 N–H and O–H groups in total. The molecule has 1 aromatic rings. The lowest BCUT2D eigenvalue weighted by molar-refractivity contribution is 0.0644. The molecule has 1 saturated heterocycles. The molecule has 1 aromatic carbocycles. The average Bonchev–Trinajstić information content (AvgIpc) is 2.52. The van der Waals surface area contributed by atoms with Crippen molar-refractivity contribution in [3.63, 3.8) is 0 Å². The van der Waals surface area contributed by atoms with Gasteiger partial charge in [-0.3, -0.25) is 4.79 Å². The van der Waals surface area contributed by atoms with E-state index in [1.54, 1.807) is 29.2 Å². The van der Waals surface area contributed by atoms with E-state index in [2.05, 4.69) is 17.1 Å². The maximum atomic E-state index is 12.6. The highest BCUT2D eigenvalue weighted by molar-refractivity contribution is 6.01. The van der Waals surface area contributed by atoms with Gasteiger partial charge in [-0.2, -0.15) is 0 Å². The molecule has 1 amide bonds. The van der Waals surface area contributed by atoms with Crippen LogP contribution in [-0.2, 0) is 0 Å². The third-order valence-electron chi connectivity index (χ3n) is 3.98. The van der Waals surface area contributed by atoms with Gasteiger partial charge in [0, 0.05) is 30.8 Å². The number of nitrogens with zero attached hydrogens (tertiary/aromatic N) is 3. The number of piperidine rings is 1. The van der Waals surface area contributed by atoms with Crippen molar-refractivity contribution in [3.8, 4) is 0 Å². The third kappa shape index (κ3) is 3.52. The fourth-order valence-electron chi connectivity index (χ4n) is 2.69. The van der Waals surface area contributed by atoms with Crippen LogP contribution in [0.1, 0.15) is 28.8 Å². The van der Waals surface area contributed by atoms with Crippen molar-refractivity contribution < 1.29 is 10.0 Å². The maximum absolute atomic E-state index is 12.6. The monoisotopic (exact) mass is 290 g/mol. The van der Waals surface area contributed by atoms with E-state index in [4.69, 9.17) is 10.9 Å². The van der Waals surface area contributed by atoms with Crippen molar-refractivity contribution in [2.45, 2.75) is 18.9 Å². The van der Waals surface area contributed by atoms with Gasteiger partial charge in [0.2, 0.25) is 0 Å². The van der Waals surface area contributed by atoms with Crippen LogP contribution in [-0.4, -0.2) is 60.0 Å². The van der Waals surface area contributed by atoms with Crippen molar-refractivity contribution in [1.82, 2.24) is 9.80 Å². The summed E-state index contributed by atoms with van der Waals surface area (Å²) in [6.07, 6.45) is 2.12. The number of carbonyl (C=O) groups is 1. The summed E-state index contributed by atoms with van der Waals surface area (Å²) in [5, 5.41) is 11.7. The number of oxime groups is 1. The molecule has 6 heteroatoms. The lowest BCUT2D eigenvalue weighted by atomic mass is 10.0. The van der Waals surface area contributed by atoms with Crippen molar-refractivity contribution >= 4 is 11.7 Å². The Bertz CT molecular complexity index is 544.